The Kier molecular flexibility index (Phi) is 3.99. The maximum absolute atomic E-state index is 13.2. The van der Waals surface area contributed by atoms with Crippen molar-refractivity contribution in [1.29, 1.82) is 0 Å². The maximum Gasteiger partial charge on any atom is 0.278 e. The Morgan fingerprint density at radius 2 is 2.04 bits per heavy atom. The Morgan fingerprint density at radius 1 is 1.20 bits per heavy atom. The molecule has 0 unspecified atom stereocenters. The molecule has 1 aliphatic heterocycles. The summed E-state index contributed by atoms with van der Waals surface area (Å²) in [5.74, 6) is -0.856. The normalized spacial score (nSPS) is 16.3. The number of carbonyl (C=O) groups is 1. The summed E-state index contributed by atoms with van der Waals surface area (Å²) in [7, 11) is 0. The van der Waals surface area contributed by atoms with Gasteiger partial charge >= 0.3 is 0 Å². The average molecular weight is 338 g/mol. The van der Waals surface area contributed by atoms with Crippen LogP contribution in [0.4, 0.5) is 10.1 Å². The van der Waals surface area contributed by atoms with Crippen LogP contribution in [0.25, 0.3) is 0 Å². The second-order valence-electron chi connectivity index (χ2n) is 5.74. The van der Waals surface area contributed by atoms with Gasteiger partial charge in [0.2, 0.25) is 0 Å². The number of carbonyl (C=O) groups excluding carboxylic acids is 1. The number of halogens is 1. The van der Waals surface area contributed by atoms with Gasteiger partial charge in [-0.3, -0.25) is 4.79 Å². The standard InChI is InChI=1S/C18H15FN4O2/c19-13-7-4-8-14(9-13)20-18(24)17-15-11-25-16(10-23(15)22-21-17)12-5-2-1-3-6-12/h1-9,16H,10-11H2,(H,20,24)/t16-/m0/s1. The van der Waals surface area contributed by atoms with Crippen molar-refractivity contribution in [3.05, 3.63) is 77.4 Å². The molecule has 126 valence electrons. The first-order valence-electron chi connectivity index (χ1n) is 7.86. The molecule has 1 aromatic heterocycles. The quantitative estimate of drug-likeness (QED) is 0.797. The van der Waals surface area contributed by atoms with Gasteiger partial charge in [-0.25, -0.2) is 9.07 Å². The first kappa shape index (κ1) is 15.5. The highest BCUT2D eigenvalue weighted by Crippen LogP contribution is 2.27. The Bertz CT molecular complexity index is 910. The molecule has 0 spiro atoms. The Hall–Kier alpha value is -3.06. The highest BCUT2D eigenvalue weighted by Gasteiger charge is 2.27. The predicted octanol–water partition coefficient (Wildman–Crippen LogP) is 2.94. The summed E-state index contributed by atoms with van der Waals surface area (Å²) in [6.45, 7) is 0.720. The molecule has 7 heteroatoms. The molecule has 0 fully saturated rings. The highest BCUT2D eigenvalue weighted by molar-refractivity contribution is 6.03. The smallest absolute Gasteiger partial charge is 0.278 e. The van der Waals surface area contributed by atoms with Gasteiger partial charge < -0.3 is 10.1 Å². The molecule has 0 bridgehead atoms. The number of aromatic nitrogens is 3. The number of nitrogens with zero attached hydrogens (tertiary/aromatic N) is 3. The Morgan fingerprint density at radius 3 is 2.84 bits per heavy atom. The van der Waals surface area contributed by atoms with Crippen LogP contribution in [0.2, 0.25) is 0 Å². The number of anilines is 1. The first-order valence-corrected chi connectivity index (χ1v) is 7.86. The number of amides is 1. The van der Waals surface area contributed by atoms with E-state index in [1.165, 1.54) is 18.2 Å². The zero-order chi connectivity index (χ0) is 17.2. The van der Waals surface area contributed by atoms with E-state index < -0.39 is 11.7 Å². The maximum atomic E-state index is 13.2. The first-order chi connectivity index (χ1) is 12.2. The molecule has 2 aromatic carbocycles. The second-order valence-corrected chi connectivity index (χ2v) is 5.74. The lowest BCUT2D eigenvalue weighted by atomic mass is 10.1. The van der Waals surface area contributed by atoms with E-state index in [4.69, 9.17) is 4.74 Å². The summed E-state index contributed by atoms with van der Waals surface area (Å²) < 4.78 is 20.8. The fraction of sp³-hybridized carbons (Fsp3) is 0.167. The van der Waals surface area contributed by atoms with E-state index in [-0.39, 0.29) is 18.4 Å². The lowest BCUT2D eigenvalue weighted by Crippen LogP contribution is -2.24. The second kappa shape index (κ2) is 6.45. The summed E-state index contributed by atoms with van der Waals surface area (Å²) in [4.78, 5) is 12.4. The number of ether oxygens (including phenoxy) is 1. The van der Waals surface area contributed by atoms with Gasteiger partial charge in [-0.2, -0.15) is 0 Å². The summed E-state index contributed by atoms with van der Waals surface area (Å²) in [5.41, 5.74) is 2.22. The van der Waals surface area contributed by atoms with Gasteiger partial charge in [0.15, 0.2) is 5.69 Å². The molecule has 0 saturated carbocycles. The van der Waals surface area contributed by atoms with E-state index in [9.17, 15) is 9.18 Å². The monoisotopic (exact) mass is 338 g/mol. The molecule has 0 saturated heterocycles. The molecule has 6 nitrogen and oxygen atoms in total. The molecule has 1 atom stereocenters. The minimum absolute atomic E-state index is 0.130. The lowest BCUT2D eigenvalue weighted by Gasteiger charge is -2.24. The van der Waals surface area contributed by atoms with Crippen LogP contribution >= 0.6 is 0 Å². The van der Waals surface area contributed by atoms with Gasteiger partial charge in [-0.15, -0.1) is 5.10 Å². The number of nitrogens with one attached hydrogen (secondary N) is 1. The number of rotatable bonds is 3. The van der Waals surface area contributed by atoms with Gasteiger partial charge in [0.1, 0.15) is 11.9 Å². The Balaban J connectivity index is 1.53. The SMILES string of the molecule is O=C(Nc1cccc(F)c1)c1nnn2c1CO[C@H](c1ccccc1)C2. The lowest BCUT2D eigenvalue weighted by molar-refractivity contribution is -0.00171. The van der Waals surface area contributed by atoms with Crippen molar-refractivity contribution in [1.82, 2.24) is 15.0 Å². The summed E-state index contributed by atoms with van der Waals surface area (Å²) in [6, 6.07) is 15.5. The van der Waals surface area contributed by atoms with Crippen LogP contribution in [-0.2, 0) is 17.9 Å². The van der Waals surface area contributed by atoms with Crippen molar-refractivity contribution in [2.24, 2.45) is 0 Å². The fourth-order valence-electron chi connectivity index (χ4n) is 2.81. The Labute approximate surface area is 143 Å². The van der Waals surface area contributed by atoms with Crippen LogP contribution in [0.1, 0.15) is 27.8 Å². The third-order valence-electron chi connectivity index (χ3n) is 4.07. The van der Waals surface area contributed by atoms with Gasteiger partial charge in [-0.05, 0) is 23.8 Å². The number of fused-ring (bicyclic) bond motifs is 1. The topological polar surface area (TPSA) is 69.0 Å². The average Bonchev–Trinajstić information content (AvgIpc) is 3.06. The number of hydrogen-bond donors (Lipinski definition) is 1. The van der Waals surface area contributed by atoms with Crippen molar-refractivity contribution in [3.8, 4) is 0 Å². The molecule has 1 aliphatic rings. The van der Waals surface area contributed by atoms with E-state index in [0.29, 0.717) is 17.9 Å². The minimum atomic E-state index is -0.436. The van der Waals surface area contributed by atoms with Crippen LogP contribution < -0.4 is 5.32 Å². The molecular weight excluding hydrogens is 323 g/mol. The van der Waals surface area contributed by atoms with Gasteiger partial charge in [-0.1, -0.05) is 41.6 Å². The molecule has 25 heavy (non-hydrogen) atoms. The molecule has 1 amide bonds. The third-order valence-corrected chi connectivity index (χ3v) is 4.07. The number of benzene rings is 2. The third kappa shape index (κ3) is 3.14. The van der Waals surface area contributed by atoms with E-state index in [1.807, 2.05) is 30.3 Å². The van der Waals surface area contributed by atoms with E-state index in [2.05, 4.69) is 15.6 Å². The molecule has 1 N–H and O–H groups in total. The highest BCUT2D eigenvalue weighted by atomic mass is 19.1. The fourth-order valence-corrected chi connectivity index (χ4v) is 2.81. The van der Waals surface area contributed by atoms with Gasteiger partial charge in [0, 0.05) is 5.69 Å². The molecular formula is C18H15FN4O2. The van der Waals surface area contributed by atoms with E-state index in [1.54, 1.807) is 10.7 Å². The molecule has 0 radical (unpaired) electrons. The molecule has 3 aromatic rings. The summed E-state index contributed by atoms with van der Waals surface area (Å²) in [6.07, 6.45) is -0.130. The van der Waals surface area contributed by atoms with Crippen LogP contribution in [0.15, 0.2) is 54.6 Å². The number of hydrogen-bond acceptors (Lipinski definition) is 4. The molecule has 0 aliphatic carbocycles. The summed E-state index contributed by atoms with van der Waals surface area (Å²) in [5, 5.41) is 10.7. The largest absolute Gasteiger partial charge is 0.365 e. The van der Waals surface area contributed by atoms with Crippen molar-refractivity contribution < 1.29 is 13.9 Å². The van der Waals surface area contributed by atoms with Gasteiger partial charge in [0.05, 0.1) is 18.8 Å². The molecule has 4 rings (SSSR count). The van der Waals surface area contributed by atoms with Crippen LogP contribution in [0.3, 0.4) is 0 Å². The van der Waals surface area contributed by atoms with Crippen molar-refractivity contribution in [2.45, 2.75) is 19.3 Å². The minimum Gasteiger partial charge on any atom is -0.365 e. The zero-order valence-electron chi connectivity index (χ0n) is 13.2. The van der Waals surface area contributed by atoms with Crippen molar-refractivity contribution in [2.75, 3.05) is 5.32 Å². The predicted molar refractivity (Wildman–Crippen MR) is 88.3 cm³/mol. The van der Waals surface area contributed by atoms with Crippen LogP contribution in [0.5, 0.6) is 0 Å². The van der Waals surface area contributed by atoms with Crippen molar-refractivity contribution in [3.63, 3.8) is 0 Å². The van der Waals surface area contributed by atoms with Crippen LogP contribution in [0, 0.1) is 5.82 Å². The van der Waals surface area contributed by atoms with Crippen LogP contribution in [-0.4, -0.2) is 20.9 Å². The summed E-state index contributed by atoms with van der Waals surface area (Å²) >= 11 is 0. The molecule has 2 heterocycles. The van der Waals surface area contributed by atoms with E-state index >= 15 is 0 Å². The van der Waals surface area contributed by atoms with Crippen molar-refractivity contribution >= 4 is 11.6 Å². The zero-order valence-corrected chi connectivity index (χ0v) is 13.2. The van der Waals surface area contributed by atoms with Gasteiger partial charge in [0.25, 0.3) is 5.91 Å². The van der Waals surface area contributed by atoms with E-state index in [0.717, 1.165) is 5.56 Å².